The van der Waals surface area contributed by atoms with Crippen molar-refractivity contribution < 1.29 is 39.2 Å². The average Bonchev–Trinajstić information content (AvgIpc) is 2.86. The summed E-state index contributed by atoms with van der Waals surface area (Å²) in [5, 5.41) is 45.5. The van der Waals surface area contributed by atoms with E-state index in [1.807, 2.05) is 0 Å². The van der Waals surface area contributed by atoms with E-state index in [0.29, 0.717) is 16.8 Å². The fourth-order valence-electron chi connectivity index (χ4n) is 6.55. The van der Waals surface area contributed by atoms with Crippen LogP contribution in [0.5, 0.6) is 5.75 Å². The number of phenols is 1. The number of aliphatic hydroxyl groups is 3. The summed E-state index contributed by atoms with van der Waals surface area (Å²) in [5.74, 6) is -7.54. The van der Waals surface area contributed by atoms with Gasteiger partial charge in [-0.05, 0) is 62.2 Å². The summed E-state index contributed by atoms with van der Waals surface area (Å²) >= 11 is 0. The fraction of sp³-hybridized carbons (Fsp3) is 0.345. The van der Waals surface area contributed by atoms with Crippen molar-refractivity contribution >= 4 is 23.2 Å². The molecule has 0 aliphatic heterocycles. The van der Waals surface area contributed by atoms with Gasteiger partial charge in [0.2, 0.25) is 5.78 Å². The van der Waals surface area contributed by atoms with Gasteiger partial charge in [-0.2, -0.15) is 0 Å². The van der Waals surface area contributed by atoms with Crippen LogP contribution in [-0.4, -0.2) is 82.6 Å². The third kappa shape index (κ3) is 3.65. The number of nitrogens with two attached hydrogens (primary N) is 1. The molecule has 10 nitrogen and oxygen atoms in total. The molecule has 1 amide bonds. The minimum Gasteiger partial charge on any atom is -0.510 e. The smallest absolute Gasteiger partial charge is 0.255 e. The molecule has 5 rings (SSSR count). The van der Waals surface area contributed by atoms with E-state index >= 15 is 0 Å². The molecule has 3 aliphatic carbocycles. The van der Waals surface area contributed by atoms with Gasteiger partial charge in [0.25, 0.3) is 5.91 Å². The molecule has 210 valence electrons. The minimum absolute atomic E-state index is 0.000887. The standard InChI is InChI=1S/C29H30FN3O7/c1-32(2)18-11-15(12-5-7-14(30)8-6-12)23(34)20-16(18)9-13-10-17-22(33(3)4)25(36)21(28(31)39)27(38)29(17,40)26(37)19(13)24(20)35/h5-8,11,13,17,22,34,36-37,40H,9-10H2,1-4H3,(H2,31,39)/t13-,17-,22-,29-/m0/s1. The monoisotopic (exact) mass is 551 g/mol. The van der Waals surface area contributed by atoms with Crippen molar-refractivity contribution in [2.24, 2.45) is 17.6 Å². The number of anilines is 1. The normalized spacial score (nSPS) is 26.0. The van der Waals surface area contributed by atoms with Gasteiger partial charge in [0.05, 0.1) is 11.6 Å². The van der Waals surface area contributed by atoms with Crippen LogP contribution in [0.2, 0.25) is 0 Å². The molecule has 2 aromatic rings. The van der Waals surface area contributed by atoms with E-state index in [2.05, 4.69) is 0 Å². The SMILES string of the molecule is CN(C)c1cc(-c2ccc(F)cc2)c(O)c2c1C[C@H]1C[C@H]3[C@H](N(C)C)C(O)=C(C(N)=O)C(=O)[C@@]3(O)C(O)=C1C2=O. The zero-order chi connectivity index (χ0) is 29.4. The number of Topliss-reactive ketones (excluding diaryl/α,β-unsaturated/α-hetero) is 2. The fourth-order valence-corrected chi connectivity index (χ4v) is 6.55. The van der Waals surface area contributed by atoms with Gasteiger partial charge in [-0.25, -0.2) is 4.39 Å². The number of benzene rings is 2. The highest BCUT2D eigenvalue weighted by Crippen LogP contribution is 2.54. The number of aliphatic hydroxyl groups excluding tert-OH is 2. The molecule has 0 heterocycles. The molecule has 0 fully saturated rings. The third-order valence-corrected chi connectivity index (χ3v) is 8.34. The number of nitrogens with zero attached hydrogens (tertiary/aromatic N) is 2. The van der Waals surface area contributed by atoms with Crippen molar-refractivity contribution in [3.63, 3.8) is 0 Å². The molecule has 40 heavy (non-hydrogen) atoms. The maximum absolute atomic E-state index is 14.1. The van der Waals surface area contributed by atoms with Crippen LogP contribution in [0.3, 0.4) is 0 Å². The Kier molecular flexibility index (Phi) is 6.27. The first-order chi connectivity index (χ1) is 18.7. The number of allylic oxidation sites excluding steroid dienone is 1. The van der Waals surface area contributed by atoms with Crippen molar-refractivity contribution in [1.82, 2.24) is 4.90 Å². The molecule has 0 saturated heterocycles. The number of hydrogen-bond donors (Lipinski definition) is 5. The highest BCUT2D eigenvalue weighted by molar-refractivity contribution is 6.25. The number of likely N-dealkylation sites (N-methyl/N-ethyl adjacent to an activating group) is 1. The third-order valence-electron chi connectivity index (χ3n) is 8.34. The number of hydrogen-bond acceptors (Lipinski definition) is 9. The van der Waals surface area contributed by atoms with Gasteiger partial charge >= 0.3 is 0 Å². The molecule has 3 aliphatic rings. The number of rotatable bonds is 4. The van der Waals surface area contributed by atoms with Gasteiger partial charge in [0.1, 0.15) is 28.7 Å². The predicted octanol–water partition coefficient (Wildman–Crippen LogP) is 1.99. The number of phenolic OH excluding ortho intramolecular Hbond substituents is 1. The molecule has 2 aromatic carbocycles. The first kappa shape index (κ1) is 27.4. The van der Waals surface area contributed by atoms with Crippen LogP contribution in [0.4, 0.5) is 10.1 Å². The van der Waals surface area contributed by atoms with Crippen LogP contribution < -0.4 is 10.6 Å². The summed E-state index contributed by atoms with van der Waals surface area (Å²) in [5.41, 5.74) is 3.29. The predicted molar refractivity (Wildman–Crippen MR) is 143 cm³/mol. The Morgan fingerprint density at radius 2 is 1.70 bits per heavy atom. The van der Waals surface area contributed by atoms with Crippen LogP contribution in [0.15, 0.2) is 53.0 Å². The van der Waals surface area contributed by atoms with Crippen LogP contribution in [0, 0.1) is 17.7 Å². The molecule has 0 unspecified atom stereocenters. The summed E-state index contributed by atoms with van der Waals surface area (Å²) in [6.45, 7) is 0. The van der Waals surface area contributed by atoms with Crippen molar-refractivity contribution in [3.05, 3.63) is 69.9 Å². The summed E-state index contributed by atoms with van der Waals surface area (Å²) in [7, 11) is 6.69. The number of fused-ring (bicyclic) bond motifs is 3. The Labute approximate surface area is 229 Å². The van der Waals surface area contributed by atoms with Crippen molar-refractivity contribution in [3.8, 4) is 16.9 Å². The Balaban J connectivity index is 1.75. The van der Waals surface area contributed by atoms with Crippen LogP contribution in [0.25, 0.3) is 11.1 Å². The topological polar surface area (TPSA) is 165 Å². The van der Waals surface area contributed by atoms with Crippen LogP contribution >= 0.6 is 0 Å². The molecule has 0 spiro atoms. The number of carbonyl (C=O) groups excluding carboxylic acids is 3. The molecular weight excluding hydrogens is 521 g/mol. The number of halogens is 1. The molecular formula is C29H30FN3O7. The summed E-state index contributed by atoms with van der Waals surface area (Å²) in [6, 6.07) is 6.01. The molecule has 0 saturated carbocycles. The molecule has 6 N–H and O–H groups in total. The van der Waals surface area contributed by atoms with E-state index in [-0.39, 0.29) is 35.3 Å². The molecule has 0 bridgehead atoms. The number of carbonyl (C=O) groups is 3. The van der Waals surface area contributed by atoms with Gasteiger partial charge in [-0.15, -0.1) is 0 Å². The van der Waals surface area contributed by atoms with Gasteiger partial charge in [-0.1, -0.05) is 12.1 Å². The van der Waals surface area contributed by atoms with Gasteiger partial charge in [0.15, 0.2) is 11.4 Å². The van der Waals surface area contributed by atoms with Crippen molar-refractivity contribution in [1.29, 1.82) is 0 Å². The molecule has 11 heteroatoms. The largest absolute Gasteiger partial charge is 0.510 e. The second-order valence-corrected chi connectivity index (χ2v) is 11.0. The summed E-state index contributed by atoms with van der Waals surface area (Å²) < 4.78 is 13.6. The number of ketones is 2. The molecule has 4 atom stereocenters. The first-order valence-corrected chi connectivity index (χ1v) is 12.7. The molecule has 0 radical (unpaired) electrons. The van der Waals surface area contributed by atoms with Crippen molar-refractivity contribution in [2.45, 2.75) is 24.5 Å². The van der Waals surface area contributed by atoms with E-state index in [1.54, 1.807) is 39.2 Å². The lowest BCUT2D eigenvalue weighted by molar-refractivity contribution is -0.148. The number of primary amides is 1. The van der Waals surface area contributed by atoms with E-state index in [9.17, 15) is 39.2 Å². The Morgan fingerprint density at radius 3 is 2.25 bits per heavy atom. The van der Waals surface area contributed by atoms with E-state index in [4.69, 9.17) is 5.73 Å². The zero-order valence-electron chi connectivity index (χ0n) is 22.4. The van der Waals surface area contributed by atoms with Crippen molar-refractivity contribution in [2.75, 3.05) is 33.1 Å². The maximum Gasteiger partial charge on any atom is 0.255 e. The lowest BCUT2D eigenvalue weighted by atomic mass is 9.58. The van der Waals surface area contributed by atoms with Crippen LogP contribution in [0.1, 0.15) is 22.3 Å². The van der Waals surface area contributed by atoms with E-state index < -0.39 is 63.9 Å². The Bertz CT molecular complexity index is 1540. The zero-order valence-corrected chi connectivity index (χ0v) is 22.4. The highest BCUT2D eigenvalue weighted by atomic mass is 19.1. The second kappa shape index (κ2) is 9.17. The number of aromatic hydroxyl groups is 1. The summed E-state index contributed by atoms with van der Waals surface area (Å²) in [6.07, 6.45) is 0.165. The van der Waals surface area contributed by atoms with Gasteiger partial charge in [-0.3, -0.25) is 19.3 Å². The maximum atomic E-state index is 14.1. The quantitative estimate of drug-likeness (QED) is 0.358. The minimum atomic E-state index is -2.71. The van der Waals surface area contributed by atoms with Gasteiger partial charge in [0, 0.05) is 36.8 Å². The second-order valence-electron chi connectivity index (χ2n) is 11.0. The summed E-state index contributed by atoms with van der Waals surface area (Å²) in [4.78, 5) is 42.9. The Morgan fingerprint density at radius 1 is 1.07 bits per heavy atom. The first-order valence-electron chi connectivity index (χ1n) is 12.7. The lowest BCUT2D eigenvalue weighted by Gasteiger charge is -2.50. The Hall–Kier alpha value is -4.22. The van der Waals surface area contributed by atoms with Crippen LogP contribution in [-0.2, 0) is 16.0 Å². The van der Waals surface area contributed by atoms with E-state index in [0.717, 1.165) is 0 Å². The average molecular weight is 552 g/mol. The lowest BCUT2D eigenvalue weighted by Crippen LogP contribution is -2.63. The highest BCUT2D eigenvalue weighted by Gasteiger charge is 2.63. The van der Waals surface area contributed by atoms with E-state index in [1.165, 1.54) is 29.2 Å². The molecule has 0 aromatic heterocycles. The number of amides is 1. The van der Waals surface area contributed by atoms with Gasteiger partial charge < -0.3 is 31.1 Å².